The predicted molar refractivity (Wildman–Crippen MR) is 106 cm³/mol. The van der Waals surface area contributed by atoms with Crippen molar-refractivity contribution >= 4 is 33.9 Å². The summed E-state index contributed by atoms with van der Waals surface area (Å²) in [6, 6.07) is 18.3. The van der Waals surface area contributed by atoms with Crippen LogP contribution in [0.4, 0.5) is 5.69 Å². The molecule has 0 aliphatic carbocycles. The van der Waals surface area contributed by atoms with E-state index in [0.29, 0.717) is 11.3 Å². The number of fused-ring (bicyclic) bond motifs is 1. The monoisotopic (exact) mass is 376 g/mol. The molecule has 0 radical (unpaired) electrons. The van der Waals surface area contributed by atoms with Gasteiger partial charge < -0.3 is 9.73 Å². The Morgan fingerprint density at radius 3 is 2.78 bits per heavy atom. The summed E-state index contributed by atoms with van der Waals surface area (Å²) in [5.41, 5.74) is 2.71. The summed E-state index contributed by atoms with van der Waals surface area (Å²) in [6.45, 7) is 0. The van der Waals surface area contributed by atoms with Crippen molar-refractivity contribution in [3.05, 3.63) is 92.7 Å². The SMILES string of the molecule is O=C(Cc1csc(Cc2ccccc2)n1)Nc1ccc2oc(=O)ccc2c1. The van der Waals surface area contributed by atoms with Gasteiger partial charge >= 0.3 is 5.63 Å². The largest absolute Gasteiger partial charge is 0.423 e. The number of anilines is 1. The fraction of sp³-hybridized carbons (Fsp3) is 0.0952. The van der Waals surface area contributed by atoms with Gasteiger partial charge in [0, 0.05) is 28.9 Å². The average molecular weight is 376 g/mol. The smallest absolute Gasteiger partial charge is 0.336 e. The van der Waals surface area contributed by atoms with Crippen LogP contribution in [0.15, 0.2) is 75.3 Å². The van der Waals surface area contributed by atoms with Crippen molar-refractivity contribution in [2.24, 2.45) is 0 Å². The fourth-order valence-corrected chi connectivity index (χ4v) is 3.63. The van der Waals surface area contributed by atoms with E-state index in [4.69, 9.17) is 4.42 Å². The van der Waals surface area contributed by atoms with E-state index in [1.54, 1.807) is 35.6 Å². The maximum Gasteiger partial charge on any atom is 0.336 e. The second-order valence-electron chi connectivity index (χ2n) is 6.13. The Balaban J connectivity index is 1.41. The molecule has 0 fully saturated rings. The molecule has 0 saturated carbocycles. The van der Waals surface area contributed by atoms with Gasteiger partial charge in [-0.3, -0.25) is 4.79 Å². The van der Waals surface area contributed by atoms with Gasteiger partial charge in [0.25, 0.3) is 0 Å². The first-order valence-corrected chi connectivity index (χ1v) is 9.35. The van der Waals surface area contributed by atoms with Crippen molar-refractivity contribution in [2.75, 3.05) is 5.32 Å². The molecule has 1 N–H and O–H groups in total. The number of carbonyl (C=O) groups excluding carboxylic acids is 1. The molecule has 5 nitrogen and oxygen atoms in total. The van der Waals surface area contributed by atoms with Gasteiger partial charge in [-0.2, -0.15) is 0 Å². The van der Waals surface area contributed by atoms with Crippen LogP contribution in [0.5, 0.6) is 0 Å². The highest BCUT2D eigenvalue weighted by molar-refractivity contribution is 7.09. The van der Waals surface area contributed by atoms with Crippen molar-refractivity contribution in [1.29, 1.82) is 0 Å². The summed E-state index contributed by atoms with van der Waals surface area (Å²) < 4.78 is 5.09. The third kappa shape index (κ3) is 4.30. The highest BCUT2D eigenvalue weighted by atomic mass is 32.1. The molecule has 2 heterocycles. The Bertz CT molecular complexity index is 1150. The number of amides is 1. The lowest BCUT2D eigenvalue weighted by Gasteiger charge is -2.05. The van der Waals surface area contributed by atoms with Crippen molar-refractivity contribution in [3.63, 3.8) is 0 Å². The van der Waals surface area contributed by atoms with Crippen LogP contribution in [0, 0.1) is 0 Å². The number of hydrogen-bond donors (Lipinski definition) is 1. The van der Waals surface area contributed by atoms with Gasteiger partial charge in [-0.25, -0.2) is 9.78 Å². The number of nitrogens with one attached hydrogen (secondary N) is 1. The lowest BCUT2D eigenvalue weighted by atomic mass is 10.2. The third-order valence-electron chi connectivity index (χ3n) is 4.04. The van der Waals surface area contributed by atoms with Crippen LogP contribution in [-0.4, -0.2) is 10.9 Å². The topological polar surface area (TPSA) is 72.2 Å². The van der Waals surface area contributed by atoms with E-state index in [9.17, 15) is 9.59 Å². The molecule has 0 aliphatic heterocycles. The molecule has 0 saturated heterocycles. The van der Waals surface area contributed by atoms with Crippen molar-refractivity contribution < 1.29 is 9.21 Å². The summed E-state index contributed by atoms with van der Waals surface area (Å²) in [5, 5.41) is 6.53. The van der Waals surface area contributed by atoms with Crippen LogP contribution in [0.2, 0.25) is 0 Å². The Morgan fingerprint density at radius 1 is 1.07 bits per heavy atom. The third-order valence-corrected chi connectivity index (χ3v) is 4.94. The minimum atomic E-state index is -0.394. The maximum absolute atomic E-state index is 12.3. The van der Waals surface area contributed by atoms with E-state index >= 15 is 0 Å². The van der Waals surface area contributed by atoms with Crippen LogP contribution in [0.1, 0.15) is 16.3 Å². The van der Waals surface area contributed by atoms with Crippen LogP contribution in [0.25, 0.3) is 11.0 Å². The van der Waals surface area contributed by atoms with Crippen LogP contribution in [-0.2, 0) is 17.6 Å². The Morgan fingerprint density at radius 2 is 1.93 bits per heavy atom. The maximum atomic E-state index is 12.3. The molecule has 1 amide bonds. The second kappa shape index (κ2) is 7.55. The number of nitrogens with zero attached hydrogens (tertiary/aromatic N) is 1. The minimum absolute atomic E-state index is 0.136. The van der Waals surface area contributed by atoms with E-state index in [0.717, 1.165) is 22.5 Å². The summed E-state index contributed by atoms with van der Waals surface area (Å²) in [5.74, 6) is -0.136. The second-order valence-corrected chi connectivity index (χ2v) is 7.07. The van der Waals surface area contributed by atoms with Gasteiger partial charge in [-0.1, -0.05) is 30.3 Å². The predicted octanol–water partition coefficient (Wildman–Crippen LogP) is 4.02. The lowest BCUT2D eigenvalue weighted by molar-refractivity contribution is -0.115. The molecule has 0 bridgehead atoms. The highest BCUT2D eigenvalue weighted by Gasteiger charge is 2.09. The van der Waals surface area contributed by atoms with Gasteiger partial charge in [-0.15, -0.1) is 11.3 Å². The van der Waals surface area contributed by atoms with Gasteiger partial charge in [0.05, 0.1) is 17.1 Å². The molecule has 2 aromatic carbocycles. The fourth-order valence-electron chi connectivity index (χ4n) is 2.80. The quantitative estimate of drug-likeness (QED) is 0.534. The van der Waals surface area contributed by atoms with Crippen LogP contribution < -0.4 is 10.9 Å². The first-order chi connectivity index (χ1) is 13.2. The molecule has 2 aromatic heterocycles. The number of carbonyl (C=O) groups is 1. The molecule has 6 heteroatoms. The molecule has 27 heavy (non-hydrogen) atoms. The van der Waals surface area contributed by atoms with E-state index in [-0.39, 0.29) is 12.3 Å². The molecule has 134 valence electrons. The zero-order chi connectivity index (χ0) is 18.6. The van der Waals surface area contributed by atoms with Gasteiger partial charge in [0.1, 0.15) is 5.58 Å². The molecule has 0 aliphatic rings. The van der Waals surface area contributed by atoms with Crippen LogP contribution >= 0.6 is 11.3 Å². The van der Waals surface area contributed by atoms with Gasteiger partial charge in [0.2, 0.25) is 5.91 Å². The van der Waals surface area contributed by atoms with Crippen molar-refractivity contribution in [1.82, 2.24) is 4.98 Å². The highest BCUT2D eigenvalue weighted by Crippen LogP contribution is 2.19. The van der Waals surface area contributed by atoms with Crippen LogP contribution in [0.3, 0.4) is 0 Å². The number of benzene rings is 2. The van der Waals surface area contributed by atoms with Crippen molar-refractivity contribution in [3.8, 4) is 0 Å². The average Bonchev–Trinajstić information content (AvgIpc) is 3.09. The van der Waals surface area contributed by atoms with Crippen molar-refractivity contribution in [2.45, 2.75) is 12.8 Å². The first-order valence-electron chi connectivity index (χ1n) is 8.47. The summed E-state index contributed by atoms with van der Waals surface area (Å²) in [7, 11) is 0. The number of rotatable bonds is 5. The Hall–Kier alpha value is -3.25. The Labute approximate surface area is 159 Å². The summed E-state index contributed by atoms with van der Waals surface area (Å²) >= 11 is 1.56. The Kier molecular flexibility index (Phi) is 4.80. The summed E-state index contributed by atoms with van der Waals surface area (Å²) in [6.07, 6.45) is 0.982. The van der Waals surface area contributed by atoms with E-state index in [1.807, 2.05) is 23.6 Å². The molecule has 4 aromatic rings. The summed E-state index contributed by atoms with van der Waals surface area (Å²) in [4.78, 5) is 28.1. The molecule has 4 rings (SSSR count). The molecular weight excluding hydrogens is 360 g/mol. The zero-order valence-electron chi connectivity index (χ0n) is 14.3. The molecule has 0 unspecified atom stereocenters. The van der Waals surface area contributed by atoms with E-state index in [2.05, 4.69) is 22.4 Å². The number of thiazole rings is 1. The van der Waals surface area contributed by atoms with Gasteiger partial charge in [0.15, 0.2) is 0 Å². The molecule has 0 spiro atoms. The zero-order valence-corrected chi connectivity index (χ0v) is 15.2. The number of aromatic nitrogens is 1. The lowest BCUT2D eigenvalue weighted by Crippen LogP contribution is -2.14. The van der Waals surface area contributed by atoms with Gasteiger partial charge in [-0.05, 0) is 29.8 Å². The van der Waals surface area contributed by atoms with E-state index in [1.165, 1.54) is 11.6 Å². The minimum Gasteiger partial charge on any atom is -0.423 e. The van der Waals surface area contributed by atoms with E-state index < -0.39 is 5.63 Å². The normalized spacial score (nSPS) is 10.8. The molecule has 0 atom stereocenters. The standard InChI is InChI=1S/C21H16N2O3S/c24-19(22-16-7-8-18-15(11-16)6-9-21(25)26-18)12-17-13-27-20(23-17)10-14-4-2-1-3-5-14/h1-9,11,13H,10,12H2,(H,22,24). The number of hydrogen-bond acceptors (Lipinski definition) is 5. The molecular formula is C21H16N2O3S. The first kappa shape index (κ1) is 17.2.